The van der Waals surface area contributed by atoms with Gasteiger partial charge in [-0.3, -0.25) is 0 Å². The molecule has 106 valence electrons. The van der Waals surface area contributed by atoms with Crippen molar-refractivity contribution in [3.8, 4) is 0 Å². The highest BCUT2D eigenvalue weighted by molar-refractivity contribution is 5.80. The van der Waals surface area contributed by atoms with E-state index < -0.39 is 0 Å². The van der Waals surface area contributed by atoms with Crippen molar-refractivity contribution in [2.45, 2.75) is 32.4 Å². The van der Waals surface area contributed by atoms with Crippen LogP contribution in [0, 0.1) is 0 Å². The number of fused-ring (bicyclic) bond motifs is 1. The Labute approximate surface area is 119 Å². The lowest BCUT2D eigenvalue weighted by Gasteiger charge is -2.10. The molecular weight excluding hydrogens is 250 g/mol. The highest BCUT2D eigenvalue weighted by Crippen LogP contribution is 2.18. The first-order chi connectivity index (χ1) is 9.78. The predicted octanol–water partition coefficient (Wildman–Crippen LogP) is 1.79. The lowest BCUT2D eigenvalue weighted by Crippen LogP contribution is -2.38. The van der Waals surface area contributed by atoms with Crippen LogP contribution < -0.4 is 10.6 Å². The molecule has 1 aromatic heterocycles. The van der Waals surface area contributed by atoms with E-state index in [9.17, 15) is 0 Å². The molecule has 0 spiro atoms. The molecule has 1 aromatic carbocycles. The van der Waals surface area contributed by atoms with E-state index >= 15 is 0 Å². The van der Waals surface area contributed by atoms with Crippen molar-refractivity contribution >= 4 is 17.0 Å². The second kappa shape index (κ2) is 5.53. The van der Waals surface area contributed by atoms with Crippen LogP contribution in [0.1, 0.15) is 25.6 Å². The third-order valence-electron chi connectivity index (χ3n) is 3.52. The minimum atomic E-state index is 0.591. The third kappa shape index (κ3) is 2.76. The van der Waals surface area contributed by atoms with Gasteiger partial charge in [-0.05, 0) is 31.9 Å². The number of aliphatic imine (C=N–C) groups is 1. The van der Waals surface area contributed by atoms with Crippen LogP contribution in [-0.4, -0.2) is 28.1 Å². The van der Waals surface area contributed by atoms with Gasteiger partial charge in [0.25, 0.3) is 0 Å². The van der Waals surface area contributed by atoms with Crippen molar-refractivity contribution in [1.82, 2.24) is 20.2 Å². The molecule has 2 N–H and O–H groups in total. The van der Waals surface area contributed by atoms with Crippen molar-refractivity contribution < 1.29 is 0 Å². The van der Waals surface area contributed by atoms with Gasteiger partial charge in [0.2, 0.25) is 0 Å². The zero-order chi connectivity index (χ0) is 13.9. The van der Waals surface area contributed by atoms with Crippen LogP contribution in [0.2, 0.25) is 0 Å². The fourth-order valence-corrected chi connectivity index (χ4v) is 2.23. The van der Waals surface area contributed by atoms with E-state index in [1.165, 1.54) is 12.8 Å². The lowest BCUT2D eigenvalue weighted by molar-refractivity contribution is 0.776. The van der Waals surface area contributed by atoms with E-state index in [1.807, 2.05) is 25.2 Å². The lowest BCUT2D eigenvalue weighted by atomic mass is 10.3. The summed E-state index contributed by atoms with van der Waals surface area (Å²) in [6.07, 6.45) is 2.49. The Morgan fingerprint density at radius 1 is 1.40 bits per heavy atom. The molecule has 1 saturated carbocycles. The standard InChI is InChI=1S/C15H21N5/c1-3-16-15(18-11-8-9-11)17-10-14-19-12-6-4-5-7-13(12)20(14)2/h4-7,11H,3,8-10H2,1-2H3,(H2,16,17,18). The Bertz CT molecular complexity index is 624. The number of para-hydroxylation sites is 2. The number of guanidine groups is 1. The largest absolute Gasteiger partial charge is 0.357 e. The summed E-state index contributed by atoms with van der Waals surface area (Å²) in [6.45, 7) is 3.55. The van der Waals surface area contributed by atoms with Gasteiger partial charge >= 0.3 is 0 Å². The first-order valence-corrected chi connectivity index (χ1v) is 7.23. The molecule has 0 radical (unpaired) electrons. The molecule has 3 rings (SSSR count). The van der Waals surface area contributed by atoms with E-state index in [2.05, 4.69) is 38.2 Å². The van der Waals surface area contributed by atoms with Crippen LogP contribution in [-0.2, 0) is 13.6 Å². The van der Waals surface area contributed by atoms with Crippen molar-refractivity contribution in [1.29, 1.82) is 0 Å². The van der Waals surface area contributed by atoms with Crippen molar-refractivity contribution in [2.75, 3.05) is 6.54 Å². The smallest absolute Gasteiger partial charge is 0.191 e. The average molecular weight is 271 g/mol. The monoisotopic (exact) mass is 271 g/mol. The Balaban J connectivity index is 1.78. The van der Waals surface area contributed by atoms with Gasteiger partial charge in [-0.2, -0.15) is 0 Å². The number of aryl methyl sites for hydroxylation is 1. The number of rotatable bonds is 4. The van der Waals surface area contributed by atoms with E-state index in [0.717, 1.165) is 29.4 Å². The molecule has 0 amide bonds. The molecule has 0 unspecified atom stereocenters. The first-order valence-electron chi connectivity index (χ1n) is 7.23. The highest BCUT2D eigenvalue weighted by Gasteiger charge is 2.22. The Morgan fingerprint density at radius 2 is 2.20 bits per heavy atom. The van der Waals surface area contributed by atoms with Gasteiger partial charge < -0.3 is 15.2 Å². The maximum absolute atomic E-state index is 4.64. The summed E-state index contributed by atoms with van der Waals surface area (Å²) in [6, 6.07) is 8.78. The molecule has 1 aliphatic rings. The Hall–Kier alpha value is -2.04. The van der Waals surface area contributed by atoms with Gasteiger partial charge in [-0.25, -0.2) is 9.98 Å². The minimum absolute atomic E-state index is 0.591. The zero-order valence-corrected chi connectivity index (χ0v) is 12.1. The second-order valence-electron chi connectivity index (χ2n) is 5.19. The van der Waals surface area contributed by atoms with Gasteiger partial charge in [0, 0.05) is 19.6 Å². The topological polar surface area (TPSA) is 54.2 Å². The molecule has 1 heterocycles. The minimum Gasteiger partial charge on any atom is -0.357 e. The summed E-state index contributed by atoms with van der Waals surface area (Å²) < 4.78 is 2.11. The molecule has 1 aliphatic carbocycles. The van der Waals surface area contributed by atoms with Crippen LogP contribution in [0.25, 0.3) is 11.0 Å². The predicted molar refractivity (Wildman–Crippen MR) is 81.7 cm³/mol. The molecule has 0 atom stereocenters. The van der Waals surface area contributed by atoms with Gasteiger partial charge in [-0.1, -0.05) is 12.1 Å². The van der Waals surface area contributed by atoms with Gasteiger partial charge in [0.05, 0.1) is 11.0 Å². The van der Waals surface area contributed by atoms with E-state index in [-0.39, 0.29) is 0 Å². The molecule has 0 saturated heterocycles. The molecular formula is C15H21N5. The second-order valence-corrected chi connectivity index (χ2v) is 5.19. The molecule has 0 bridgehead atoms. The van der Waals surface area contributed by atoms with Crippen LogP contribution in [0.15, 0.2) is 29.3 Å². The summed E-state index contributed by atoms with van der Waals surface area (Å²) in [5.74, 6) is 1.88. The third-order valence-corrected chi connectivity index (χ3v) is 3.52. The fourth-order valence-electron chi connectivity index (χ4n) is 2.23. The maximum Gasteiger partial charge on any atom is 0.191 e. The maximum atomic E-state index is 4.64. The molecule has 0 aliphatic heterocycles. The van der Waals surface area contributed by atoms with Gasteiger partial charge in [0.15, 0.2) is 5.96 Å². The molecule has 5 heteroatoms. The van der Waals surface area contributed by atoms with Gasteiger partial charge in [-0.15, -0.1) is 0 Å². The van der Waals surface area contributed by atoms with E-state index in [4.69, 9.17) is 0 Å². The normalized spacial score (nSPS) is 15.6. The van der Waals surface area contributed by atoms with Crippen LogP contribution in [0.5, 0.6) is 0 Å². The first kappa shape index (κ1) is 13.0. The fraction of sp³-hybridized carbons (Fsp3) is 0.467. The quantitative estimate of drug-likeness (QED) is 0.658. The summed E-state index contributed by atoms with van der Waals surface area (Å²) in [4.78, 5) is 9.27. The van der Waals surface area contributed by atoms with Crippen LogP contribution >= 0.6 is 0 Å². The van der Waals surface area contributed by atoms with E-state index in [1.54, 1.807) is 0 Å². The molecule has 1 fully saturated rings. The molecule has 20 heavy (non-hydrogen) atoms. The van der Waals surface area contributed by atoms with Crippen molar-refractivity contribution in [2.24, 2.45) is 12.0 Å². The summed E-state index contributed by atoms with van der Waals surface area (Å²) in [5, 5.41) is 6.70. The summed E-state index contributed by atoms with van der Waals surface area (Å²) in [7, 11) is 2.04. The number of nitrogens with zero attached hydrogens (tertiary/aromatic N) is 3. The van der Waals surface area contributed by atoms with E-state index in [0.29, 0.717) is 12.6 Å². The summed E-state index contributed by atoms with van der Waals surface area (Å²) >= 11 is 0. The Morgan fingerprint density at radius 3 is 2.90 bits per heavy atom. The van der Waals surface area contributed by atoms with Crippen molar-refractivity contribution in [3.63, 3.8) is 0 Å². The highest BCUT2D eigenvalue weighted by atomic mass is 15.2. The summed E-state index contributed by atoms with van der Waals surface area (Å²) in [5.41, 5.74) is 2.18. The van der Waals surface area contributed by atoms with Crippen LogP contribution in [0.3, 0.4) is 0 Å². The SMILES string of the molecule is CCNC(=NCc1nc2ccccc2n1C)NC1CC1. The number of hydrogen-bond donors (Lipinski definition) is 2. The number of nitrogens with one attached hydrogen (secondary N) is 2. The number of hydrogen-bond acceptors (Lipinski definition) is 2. The zero-order valence-electron chi connectivity index (χ0n) is 12.1. The average Bonchev–Trinajstić information content (AvgIpc) is 3.21. The molecule has 2 aromatic rings. The number of aromatic nitrogens is 2. The number of benzene rings is 1. The number of imidazole rings is 1. The van der Waals surface area contributed by atoms with Gasteiger partial charge in [0.1, 0.15) is 12.4 Å². The molecule has 5 nitrogen and oxygen atoms in total. The van der Waals surface area contributed by atoms with Crippen LogP contribution in [0.4, 0.5) is 0 Å². The Kier molecular flexibility index (Phi) is 3.58. The van der Waals surface area contributed by atoms with Crippen molar-refractivity contribution in [3.05, 3.63) is 30.1 Å².